The van der Waals surface area contributed by atoms with Gasteiger partial charge in [0.2, 0.25) is 11.8 Å². The number of likely N-dealkylation sites (N-methyl/N-ethyl adjacent to an activating group) is 1. The molecule has 0 aliphatic carbocycles. The summed E-state index contributed by atoms with van der Waals surface area (Å²) in [6, 6.07) is 8.22. The molecule has 2 amide bonds. The van der Waals surface area contributed by atoms with Gasteiger partial charge in [-0.25, -0.2) is 0 Å². The molecular weight excluding hydrogens is 230 g/mol. The Balaban J connectivity index is 2.54. The fourth-order valence-electron chi connectivity index (χ4n) is 1.46. The summed E-state index contributed by atoms with van der Waals surface area (Å²) >= 11 is 0. The maximum Gasteiger partial charge on any atom is 0.242 e. The monoisotopic (exact) mass is 245 g/mol. The second kappa shape index (κ2) is 6.40. The molecule has 1 rings (SSSR count). The van der Waals surface area contributed by atoms with Gasteiger partial charge in [0.15, 0.2) is 0 Å². The van der Waals surface area contributed by atoms with Crippen molar-refractivity contribution < 1.29 is 9.59 Å². The van der Waals surface area contributed by atoms with Crippen LogP contribution in [0.1, 0.15) is 18.1 Å². The summed E-state index contributed by atoms with van der Waals surface area (Å²) < 4.78 is 0. The van der Waals surface area contributed by atoms with Crippen LogP contribution in [0.15, 0.2) is 24.3 Å². The van der Waals surface area contributed by atoms with Crippen molar-refractivity contribution in [3.63, 3.8) is 0 Å². The van der Waals surface area contributed by atoms with Gasteiger partial charge < -0.3 is 10.6 Å². The first-order valence-electron chi connectivity index (χ1n) is 5.57. The lowest BCUT2D eigenvalue weighted by atomic mass is 10.1. The van der Waals surface area contributed by atoms with E-state index in [2.05, 4.69) is 10.6 Å². The molecule has 5 heteroatoms. The Morgan fingerprint density at radius 3 is 2.44 bits per heavy atom. The smallest absolute Gasteiger partial charge is 0.242 e. The van der Waals surface area contributed by atoms with Crippen molar-refractivity contribution in [2.24, 2.45) is 0 Å². The Kier molecular flexibility index (Phi) is 4.88. The molecule has 0 aromatic heterocycles. The molecular formula is C13H15N3O2. The van der Waals surface area contributed by atoms with Gasteiger partial charge in [-0.15, -0.1) is 0 Å². The number of nitrogens with one attached hydrogen (secondary N) is 2. The zero-order valence-electron chi connectivity index (χ0n) is 10.4. The van der Waals surface area contributed by atoms with Gasteiger partial charge in [0, 0.05) is 7.05 Å². The van der Waals surface area contributed by atoms with Crippen molar-refractivity contribution in [2.75, 3.05) is 7.05 Å². The second-order valence-electron chi connectivity index (χ2n) is 3.89. The fourth-order valence-corrected chi connectivity index (χ4v) is 1.46. The number of carbonyl (C=O) groups excluding carboxylic acids is 2. The third-order valence-corrected chi connectivity index (χ3v) is 2.46. The molecule has 0 fully saturated rings. The number of nitrogens with zero attached hydrogens (tertiary/aromatic N) is 1. The van der Waals surface area contributed by atoms with E-state index in [0.29, 0.717) is 5.56 Å². The summed E-state index contributed by atoms with van der Waals surface area (Å²) in [5, 5.41) is 13.7. The Morgan fingerprint density at radius 1 is 1.33 bits per heavy atom. The summed E-state index contributed by atoms with van der Waals surface area (Å²) in [5.41, 5.74) is 1.36. The van der Waals surface area contributed by atoms with Gasteiger partial charge in [0.25, 0.3) is 0 Å². The topological polar surface area (TPSA) is 82.0 Å². The van der Waals surface area contributed by atoms with Gasteiger partial charge in [-0.1, -0.05) is 12.1 Å². The number of hydrogen-bond donors (Lipinski definition) is 2. The average Bonchev–Trinajstić information content (AvgIpc) is 2.38. The molecule has 0 aliphatic rings. The van der Waals surface area contributed by atoms with E-state index in [1.807, 2.05) is 6.07 Å². The average molecular weight is 245 g/mol. The first-order chi connectivity index (χ1) is 8.56. The molecule has 1 atom stereocenters. The molecule has 1 aromatic rings. The molecule has 1 aromatic carbocycles. The third kappa shape index (κ3) is 3.91. The summed E-state index contributed by atoms with van der Waals surface area (Å²) in [5.74, 6) is -0.459. The lowest BCUT2D eigenvalue weighted by molar-refractivity contribution is -0.128. The Bertz CT molecular complexity index is 474. The number of benzene rings is 1. The molecule has 5 nitrogen and oxygen atoms in total. The van der Waals surface area contributed by atoms with Crippen LogP contribution in [0.3, 0.4) is 0 Å². The highest BCUT2D eigenvalue weighted by Crippen LogP contribution is 2.04. The first-order valence-corrected chi connectivity index (χ1v) is 5.57. The van der Waals surface area contributed by atoms with Crippen molar-refractivity contribution >= 4 is 11.8 Å². The molecule has 0 heterocycles. The van der Waals surface area contributed by atoms with Gasteiger partial charge in [-0.05, 0) is 24.6 Å². The van der Waals surface area contributed by atoms with Crippen LogP contribution in [0.25, 0.3) is 0 Å². The predicted octanol–water partition coefficient (Wildman–Crippen LogP) is 0.351. The van der Waals surface area contributed by atoms with Crippen molar-refractivity contribution in [1.29, 1.82) is 5.26 Å². The van der Waals surface area contributed by atoms with Crippen molar-refractivity contribution in [3.05, 3.63) is 35.4 Å². The van der Waals surface area contributed by atoms with Crippen LogP contribution < -0.4 is 10.6 Å². The van der Waals surface area contributed by atoms with Crippen molar-refractivity contribution in [3.8, 4) is 6.07 Å². The van der Waals surface area contributed by atoms with Crippen LogP contribution in [0.2, 0.25) is 0 Å². The minimum Gasteiger partial charge on any atom is -0.357 e. The molecule has 0 bridgehead atoms. The van der Waals surface area contributed by atoms with E-state index in [4.69, 9.17) is 5.26 Å². The minimum absolute atomic E-state index is 0.188. The summed E-state index contributed by atoms with van der Waals surface area (Å²) in [6.07, 6.45) is 0.188. The molecule has 18 heavy (non-hydrogen) atoms. The molecule has 0 aliphatic heterocycles. The zero-order chi connectivity index (χ0) is 13.5. The number of amides is 2. The largest absolute Gasteiger partial charge is 0.357 e. The number of hydrogen-bond acceptors (Lipinski definition) is 3. The molecule has 0 saturated carbocycles. The highest BCUT2D eigenvalue weighted by Gasteiger charge is 2.13. The van der Waals surface area contributed by atoms with Crippen molar-refractivity contribution in [1.82, 2.24) is 10.6 Å². The van der Waals surface area contributed by atoms with Gasteiger partial charge in [-0.2, -0.15) is 5.26 Å². The fraction of sp³-hybridized carbons (Fsp3) is 0.308. The first kappa shape index (κ1) is 13.7. The molecule has 0 radical (unpaired) electrons. The van der Waals surface area contributed by atoms with Crippen LogP contribution in [-0.2, 0) is 16.0 Å². The molecule has 1 unspecified atom stereocenters. The van der Waals surface area contributed by atoms with Crippen LogP contribution in [0.4, 0.5) is 0 Å². The van der Waals surface area contributed by atoms with Crippen LogP contribution >= 0.6 is 0 Å². The standard InChI is InChI=1S/C13H15N3O2/c1-9(13(18)15-2)16-12(17)7-10-3-5-11(8-14)6-4-10/h3-6,9H,7H2,1-2H3,(H,15,18)(H,16,17). The van der Waals surface area contributed by atoms with E-state index < -0.39 is 6.04 Å². The van der Waals surface area contributed by atoms with Gasteiger partial charge >= 0.3 is 0 Å². The summed E-state index contributed by atoms with van der Waals surface area (Å²) in [7, 11) is 1.52. The molecule has 0 saturated heterocycles. The van der Waals surface area contributed by atoms with E-state index in [9.17, 15) is 9.59 Å². The van der Waals surface area contributed by atoms with Gasteiger partial charge in [0.1, 0.15) is 6.04 Å². The third-order valence-electron chi connectivity index (χ3n) is 2.46. The van der Waals surface area contributed by atoms with E-state index in [0.717, 1.165) is 5.56 Å². The van der Waals surface area contributed by atoms with Crippen LogP contribution in [-0.4, -0.2) is 24.9 Å². The minimum atomic E-state index is -0.555. The Hall–Kier alpha value is -2.35. The quantitative estimate of drug-likeness (QED) is 0.803. The van der Waals surface area contributed by atoms with Crippen molar-refractivity contribution in [2.45, 2.75) is 19.4 Å². The summed E-state index contributed by atoms with van der Waals surface area (Å²) in [4.78, 5) is 22.9. The predicted molar refractivity (Wildman–Crippen MR) is 66.5 cm³/mol. The van der Waals surface area contributed by atoms with Gasteiger partial charge in [0.05, 0.1) is 18.1 Å². The second-order valence-corrected chi connectivity index (χ2v) is 3.89. The van der Waals surface area contributed by atoms with E-state index >= 15 is 0 Å². The molecule has 2 N–H and O–H groups in total. The van der Waals surface area contributed by atoms with E-state index in [1.54, 1.807) is 31.2 Å². The Morgan fingerprint density at radius 2 is 1.94 bits per heavy atom. The maximum absolute atomic E-state index is 11.6. The SMILES string of the molecule is CNC(=O)C(C)NC(=O)Cc1ccc(C#N)cc1. The number of carbonyl (C=O) groups is 2. The van der Waals surface area contributed by atoms with E-state index in [-0.39, 0.29) is 18.2 Å². The van der Waals surface area contributed by atoms with Crippen LogP contribution in [0.5, 0.6) is 0 Å². The normalized spacial score (nSPS) is 11.2. The molecule has 0 spiro atoms. The highest BCUT2D eigenvalue weighted by molar-refractivity contribution is 5.87. The zero-order valence-corrected chi connectivity index (χ0v) is 10.4. The number of nitriles is 1. The lowest BCUT2D eigenvalue weighted by Crippen LogP contribution is -2.44. The summed E-state index contributed by atoms with van der Waals surface area (Å²) in [6.45, 7) is 1.62. The number of rotatable bonds is 4. The van der Waals surface area contributed by atoms with Crippen LogP contribution in [0, 0.1) is 11.3 Å². The van der Waals surface area contributed by atoms with E-state index in [1.165, 1.54) is 7.05 Å². The lowest BCUT2D eigenvalue weighted by Gasteiger charge is -2.12. The Labute approximate surface area is 106 Å². The van der Waals surface area contributed by atoms with Gasteiger partial charge in [-0.3, -0.25) is 9.59 Å². The highest BCUT2D eigenvalue weighted by atomic mass is 16.2. The maximum atomic E-state index is 11.6. The molecule has 94 valence electrons.